The number of hydrogen-bond donors (Lipinski definition) is 1. The normalized spacial score (nSPS) is 14.4. The van der Waals surface area contributed by atoms with Gasteiger partial charge in [0, 0.05) is 11.7 Å². The molecule has 1 aliphatic rings. The third kappa shape index (κ3) is 3.01. The average Bonchev–Trinajstić information content (AvgIpc) is 2.87. The minimum absolute atomic E-state index is 0.106. The fourth-order valence-electron chi connectivity index (χ4n) is 3.15. The maximum atomic E-state index is 12.3. The molecule has 0 aliphatic heterocycles. The van der Waals surface area contributed by atoms with E-state index in [1.54, 1.807) is 0 Å². The molecule has 1 atom stereocenters. The van der Waals surface area contributed by atoms with E-state index in [1.165, 1.54) is 22.3 Å². The van der Waals surface area contributed by atoms with E-state index in [9.17, 15) is 4.79 Å². The molecule has 2 aromatic rings. The fourth-order valence-corrected chi connectivity index (χ4v) is 3.63. The molecule has 1 aliphatic carbocycles. The highest BCUT2D eigenvalue weighted by atomic mass is 32.1. The predicted octanol–water partition coefficient (Wildman–Crippen LogP) is 3.20. The van der Waals surface area contributed by atoms with E-state index in [0.29, 0.717) is 12.4 Å². The molecule has 23 heavy (non-hydrogen) atoms. The molecule has 0 radical (unpaired) electrons. The lowest BCUT2D eigenvalue weighted by molar-refractivity contribution is -0.148. The molecule has 0 heterocycles. The van der Waals surface area contributed by atoms with Gasteiger partial charge in [-0.25, -0.2) is 0 Å². The van der Waals surface area contributed by atoms with Crippen LogP contribution in [0.2, 0.25) is 0 Å². The molecule has 3 rings (SSSR count). The molecule has 1 unspecified atom stereocenters. The molecule has 0 N–H and O–H groups in total. The van der Waals surface area contributed by atoms with Gasteiger partial charge in [0.05, 0.1) is 0 Å². The molecule has 120 valence electrons. The van der Waals surface area contributed by atoms with Crippen molar-refractivity contribution < 1.29 is 9.53 Å². The van der Waals surface area contributed by atoms with Crippen LogP contribution in [-0.2, 0) is 9.53 Å². The van der Waals surface area contributed by atoms with Crippen LogP contribution in [0.4, 0.5) is 0 Å². The first-order chi connectivity index (χ1) is 11.1. The SMILES string of the molecule is CN(C)C(CS)C(=O)OCC1c2ccccc2-c2ccccc21. The summed E-state index contributed by atoms with van der Waals surface area (Å²) in [5.41, 5.74) is 4.94. The number of benzene rings is 2. The van der Waals surface area contributed by atoms with Gasteiger partial charge in [-0.2, -0.15) is 12.6 Å². The molecule has 4 heteroatoms. The van der Waals surface area contributed by atoms with E-state index in [1.807, 2.05) is 43.3 Å². The van der Waals surface area contributed by atoms with Crippen molar-refractivity contribution >= 4 is 18.6 Å². The zero-order valence-electron chi connectivity index (χ0n) is 13.4. The van der Waals surface area contributed by atoms with Crippen molar-refractivity contribution in [1.82, 2.24) is 4.90 Å². The van der Waals surface area contributed by atoms with Gasteiger partial charge in [0.2, 0.25) is 0 Å². The molecule has 0 fully saturated rings. The van der Waals surface area contributed by atoms with Crippen LogP contribution in [0, 0.1) is 0 Å². The summed E-state index contributed by atoms with van der Waals surface area (Å²) in [5, 5.41) is 0. The summed E-state index contributed by atoms with van der Waals surface area (Å²) in [5.74, 6) is 0.338. The van der Waals surface area contributed by atoms with Gasteiger partial charge in [-0.3, -0.25) is 9.69 Å². The van der Waals surface area contributed by atoms with Gasteiger partial charge >= 0.3 is 5.97 Å². The van der Waals surface area contributed by atoms with Crippen LogP contribution in [-0.4, -0.2) is 43.4 Å². The monoisotopic (exact) mass is 327 g/mol. The predicted molar refractivity (Wildman–Crippen MR) is 96.0 cm³/mol. The standard InChI is InChI=1S/C19H21NO2S/c1-20(2)18(12-23)19(21)22-11-17-15-9-5-3-7-13(15)14-8-4-6-10-16(14)17/h3-10,17-18,23H,11-12H2,1-2H3. The van der Waals surface area contributed by atoms with Crippen LogP contribution in [0.25, 0.3) is 11.1 Å². The number of carbonyl (C=O) groups is 1. The van der Waals surface area contributed by atoms with Gasteiger partial charge in [-0.1, -0.05) is 48.5 Å². The van der Waals surface area contributed by atoms with Crippen molar-refractivity contribution in [2.45, 2.75) is 12.0 Å². The van der Waals surface area contributed by atoms with E-state index in [0.717, 1.165) is 0 Å². The van der Waals surface area contributed by atoms with Gasteiger partial charge < -0.3 is 4.74 Å². The van der Waals surface area contributed by atoms with Gasteiger partial charge in [0.15, 0.2) is 0 Å². The smallest absolute Gasteiger partial charge is 0.324 e. The summed E-state index contributed by atoms with van der Waals surface area (Å²) in [7, 11) is 3.73. The second kappa shape index (κ2) is 6.77. The van der Waals surface area contributed by atoms with E-state index in [4.69, 9.17) is 4.74 Å². The quantitative estimate of drug-likeness (QED) is 0.675. The van der Waals surface area contributed by atoms with Crippen molar-refractivity contribution in [3.8, 4) is 11.1 Å². The molecule has 0 amide bonds. The van der Waals surface area contributed by atoms with Crippen LogP contribution in [0.15, 0.2) is 48.5 Å². The Hall–Kier alpha value is -1.78. The number of ether oxygens (including phenoxy) is 1. The number of hydrogen-bond acceptors (Lipinski definition) is 4. The minimum Gasteiger partial charge on any atom is -0.463 e. The Morgan fingerprint density at radius 3 is 2.09 bits per heavy atom. The third-order valence-corrected chi connectivity index (χ3v) is 4.77. The molecule has 3 nitrogen and oxygen atoms in total. The fraction of sp³-hybridized carbons (Fsp3) is 0.316. The van der Waals surface area contributed by atoms with Crippen LogP contribution in [0.3, 0.4) is 0 Å². The number of likely N-dealkylation sites (N-methyl/N-ethyl adjacent to an activating group) is 1. The largest absolute Gasteiger partial charge is 0.463 e. The molecule has 0 bridgehead atoms. The second-order valence-electron chi connectivity index (χ2n) is 6.02. The van der Waals surface area contributed by atoms with Gasteiger partial charge in [0.1, 0.15) is 12.6 Å². The number of carbonyl (C=O) groups excluding carboxylic acids is 1. The zero-order valence-corrected chi connectivity index (χ0v) is 14.3. The molecular weight excluding hydrogens is 306 g/mol. The lowest BCUT2D eigenvalue weighted by Crippen LogP contribution is -2.39. The number of esters is 1. The van der Waals surface area contributed by atoms with E-state index >= 15 is 0 Å². The molecule has 0 spiro atoms. The first-order valence-electron chi connectivity index (χ1n) is 7.75. The first-order valence-corrected chi connectivity index (χ1v) is 8.39. The van der Waals surface area contributed by atoms with Gasteiger partial charge in [-0.05, 0) is 36.3 Å². The Morgan fingerprint density at radius 1 is 1.09 bits per heavy atom. The number of nitrogens with zero attached hydrogens (tertiary/aromatic N) is 1. The summed E-state index contributed by atoms with van der Waals surface area (Å²) in [6, 6.07) is 16.4. The second-order valence-corrected chi connectivity index (χ2v) is 6.38. The molecule has 0 saturated heterocycles. The first kappa shape index (κ1) is 16.1. The Bertz CT molecular complexity index is 669. The summed E-state index contributed by atoms with van der Waals surface area (Å²) in [6.07, 6.45) is 0. The average molecular weight is 327 g/mol. The Morgan fingerprint density at radius 2 is 1.61 bits per heavy atom. The molecule has 2 aromatic carbocycles. The van der Waals surface area contributed by atoms with Crippen molar-refractivity contribution in [2.75, 3.05) is 26.5 Å². The summed E-state index contributed by atoms with van der Waals surface area (Å²) >= 11 is 4.24. The van der Waals surface area contributed by atoms with E-state index in [-0.39, 0.29) is 17.9 Å². The highest BCUT2D eigenvalue weighted by Crippen LogP contribution is 2.44. The van der Waals surface area contributed by atoms with E-state index < -0.39 is 0 Å². The highest BCUT2D eigenvalue weighted by Gasteiger charge is 2.30. The highest BCUT2D eigenvalue weighted by molar-refractivity contribution is 7.80. The Kier molecular flexibility index (Phi) is 4.74. The van der Waals surface area contributed by atoms with E-state index in [2.05, 4.69) is 36.9 Å². The van der Waals surface area contributed by atoms with Crippen molar-refractivity contribution in [2.24, 2.45) is 0 Å². The lowest BCUT2D eigenvalue weighted by Gasteiger charge is -2.22. The topological polar surface area (TPSA) is 29.5 Å². The number of rotatable bonds is 5. The van der Waals surface area contributed by atoms with Crippen LogP contribution < -0.4 is 0 Å². The van der Waals surface area contributed by atoms with Crippen molar-refractivity contribution in [1.29, 1.82) is 0 Å². The van der Waals surface area contributed by atoms with Gasteiger partial charge in [-0.15, -0.1) is 0 Å². The number of fused-ring (bicyclic) bond motifs is 3. The van der Waals surface area contributed by atoms with Crippen LogP contribution >= 0.6 is 12.6 Å². The summed E-state index contributed by atoms with van der Waals surface area (Å²) in [4.78, 5) is 14.1. The molecular formula is C19H21NO2S. The molecule has 0 saturated carbocycles. The van der Waals surface area contributed by atoms with Crippen molar-refractivity contribution in [3.05, 3.63) is 59.7 Å². The lowest BCUT2D eigenvalue weighted by atomic mass is 9.98. The van der Waals surface area contributed by atoms with Crippen LogP contribution in [0.1, 0.15) is 17.0 Å². The zero-order chi connectivity index (χ0) is 16.4. The minimum atomic E-state index is -0.315. The summed E-state index contributed by atoms with van der Waals surface area (Å²) in [6.45, 7) is 0.366. The number of thiol groups is 1. The third-order valence-electron chi connectivity index (χ3n) is 4.42. The van der Waals surface area contributed by atoms with Crippen molar-refractivity contribution in [3.63, 3.8) is 0 Å². The maximum absolute atomic E-state index is 12.3. The Balaban J connectivity index is 1.82. The maximum Gasteiger partial charge on any atom is 0.324 e. The van der Waals surface area contributed by atoms with Gasteiger partial charge in [0.25, 0.3) is 0 Å². The summed E-state index contributed by atoms with van der Waals surface area (Å²) < 4.78 is 5.62. The van der Waals surface area contributed by atoms with Crippen LogP contribution in [0.5, 0.6) is 0 Å². The Labute approximate surface area is 142 Å². The molecule has 0 aromatic heterocycles.